The summed E-state index contributed by atoms with van der Waals surface area (Å²) in [6.07, 6.45) is 1.51. The van der Waals surface area contributed by atoms with Crippen molar-refractivity contribution in [1.29, 1.82) is 0 Å². The number of nitrogens with one attached hydrogen (secondary N) is 1. The number of hydrogen-bond donors (Lipinski definition) is 5. The van der Waals surface area contributed by atoms with Crippen LogP contribution in [0.2, 0.25) is 0 Å². The molecule has 27 heavy (non-hydrogen) atoms. The number of benzene rings is 1. The van der Waals surface area contributed by atoms with E-state index >= 15 is 0 Å². The number of nitrogens with two attached hydrogens (primary N) is 1. The van der Waals surface area contributed by atoms with E-state index in [1.165, 1.54) is 16.8 Å². The van der Waals surface area contributed by atoms with Gasteiger partial charge in [0.1, 0.15) is 21.9 Å². The zero-order chi connectivity index (χ0) is 19.2. The summed E-state index contributed by atoms with van der Waals surface area (Å²) in [5.74, 6) is -0.454. The van der Waals surface area contributed by atoms with Crippen molar-refractivity contribution in [2.45, 2.75) is 11.4 Å². The van der Waals surface area contributed by atoms with Gasteiger partial charge in [0, 0.05) is 19.3 Å². The monoisotopic (exact) mass is 387 g/mol. The Hall–Kier alpha value is -2.92. The number of rotatable bonds is 3. The van der Waals surface area contributed by atoms with Gasteiger partial charge in [-0.1, -0.05) is 22.9 Å². The molecule has 3 aromatic rings. The minimum atomic E-state index is -3.53. The summed E-state index contributed by atoms with van der Waals surface area (Å²) in [6, 6.07) is 9.78. The van der Waals surface area contributed by atoms with Gasteiger partial charge in [0.15, 0.2) is 5.84 Å². The Kier molecular flexibility index (Phi) is 4.12. The SMILES string of the molecule is NCCn1c(=O)c(C2=NS(O)(O)c3ccccc3N2)c(O)c2cccnc21. The molecule has 1 aromatic carbocycles. The first-order valence-corrected chi connectivity index (χ1v) is 9.59. The normalized spacial score (nSPS) is 16.3. The van der Waals surface area contributed by atoms with E-state index < -0.39 is 16.3 Å². The third-order valence-electron chi connectivity index (χ3n) is 4.24. The third kappa shape index (κ3) is 2.75. The van der Waals surface area contributed by atoms with E-state index in [0.29, 0.717) is 11.1 Å². The van der Waals surface area contributed by atoms with Gasteiger partial charge in [0.25, 0.3) is 5.56 Å². The van der Waals surface area contributed by atoms with Crippen molar-refractivity contribution in [3.8, 4) is 5.75 Å². The minimum Gasteiger partial charge on any atom is -0.506 e. The van der Waals surface area contributed by atoms with Crippen LogP contribution in [0.3, 0.4) is 0 Å². The topological polar surface area (TPSA) is 146 Å². The fourth-order valence-electron chi connectivity index (χ4n) is 3.06. The van der Waals surface area contributed by atoms with Crippen LogP contribution >= 0.6 is 10.8 Å². The van der Waals surface area contributed by atoms with Crippen molar-refractivity contribution in [2.75, 3.05) is 11.9 Å². The zero-order valence-corrected chi connectivity index (χ0v) is 14.8. The maximum Gasteiger partial charge on any atom is 0.267 e. The van der Waals surface area contributed by atoms with Crippen LogP contribution < -0.4 is 16.6 Å². The molecule has 0 atom stereocenters. The fraction of sp³-hybridized carbons (Fsp3) is 0.118. The van der Waals surface area contributed by atoms with Crippen molar-refractivity contribution in [3.05, 3.63) is 58.5 Å². The first-order valence-electron chi connectivity index (χ1n) is 8.09. The Morgan fingerprint density at radius 3 is 2.74 bits per heavy atom. The van der Waals surface area contributed by atoms with Gasteiger partial charge in [-0.25, -0.2) is 4.98 Å². The molecule has 0 unspecified atom stereocenters. The molecule has 6 N–H and O–H groups in total. The zero-order valence-electron chi connectivity index (χ0n) is 14.0. The molecule has 4 rings (SSSR count). The lowest BCUT2D eigenvalue weighted by molar-refractivity contribution is 0.477. The molecule has 9 nitrogen and oxygen atoms in total. The second kappa shape index (κ2) is 6.35. The summed E-state index contributed by atoms with van der Waals surface area (Å²) < 4.78 is 26.1. The number of amidine groups is 1. The van der Waals surface area contributed by atoms with Gasteiger partial charge in [0.05, 0.1) is 11.1 Å². The van der Waals surface area contributed by atoms with Crippen molar-refractivity contribution in [1.82, 2.24) is 9.55 Å². The molecule has 0 fully saturated rings. The summed E-state index contributed by atoms with van der Waals surface area (Å²) in [5.41, 5.74) is 5.57. The lowest BCUT2D eigenvalue weighted by atomic mass is 10.1. The van der Waals surface area contributed by atoms with Gasteiger partial charge in [-0.2, -0.15) is 0 Å². The van der Waals surface area contributed by atoms with Gasteiger partial charge in [0.2, 0.25) is 0 Å². The molecule has 1 aliphatic heterocycles. The fourth-order valence-corrected chi connectivity index (χ4v) is 4.22. The van der Waals surface area contributed by atoms with E-state index in [0.717, 1.165) is 0 Å². The highest BCUT2D eigenvalue weighted by atomic mass is 32.3. The number of fused-ring (bicyclic) bond motifs is 2. The number of hydrogen-bond acceptors (Lipinski definition) is 8. The number of aromatic nitrogens is 2. The molecule has 0 spiro atoms. The van der Waals surface area contributed by atoms with Crippen molar-refractivity contribution in [2.24, 2.45) is 10.1 Å². The van der Waals surface area contributed by atoms with Crippen LogP contribution in [0.15, 0.2) is 56.7 Å². The van der Waals surface area contributed by atoms with Crippen LogP contribution in [-0.4, -0.2) is 36.1 Å². The predicted octanol–water partition coefficient (Wildman–Crippen LogP) is 1.96. The average Bonchev–Trinajstić information content (AvgIpc) is 2.65. The molecule has 1 aliphatic rings. The molecule has 0 aliphatic carbocycles. The Balaban J connectivity index is 2.01. The number of anilines is 1. The Morgan fingerprint density at radius 1 is 1.19 bits per heavy atom. The molecule has 0 bridgehead atoms. The van der Waals surface area contributed by atoms with Crippen molar-refractivity contribution >= 4 is 33.3 Å². The van der Waals surface area contributed by atoms with E-state index in [4.69, 9.17) is 5.73 Å². The maximum absolute atomic E-state index is 13.0. The number of para-hydroxylation sites is 1. The molecule has 0 saturated heterocycles. The molecule has 0 radical (unpaired) electrons. The lowest BCUT2D eigenvalue weighted by Crippen LogP contribution is -2.33. The minimum absolute atomic E-state index is 0.118. The highest BCUT2D eigenvalue weighted by Gasteiger charge is 2.30. The van der Waals surface area contributed by atoms with Crippen LogP contribution in [0.25, 0.3) is 11.0 Å². The highest BCUT2D eigenvalue weighted by Crippen LogP contribution is 2.55. The van der Waals surface area contributed by atoms with Crippen LogP contribution in [-0.2, 0) is 6.54 Å². The summed E-state index contributed by atoms with van der Waals surface area (Å²) >= 11 is 0. The molecule has 2 aromatic heterocycles. The van der Waals surface area contributed by atoms with E-state index in [1.54, 1.807) is 30.3 Å². The quantitative estimate of drug-likeness (QED) is 0.462. The highest BCUT2D eigenvalue weighted by molar-refractivity contribution is 8.23. The Bertz CT molecular complexity index is 1140. The summed E-state index contributed by atoms with van der Waals surface area (Å²) in [4.78, 5) is 17.4. The van der Waals surface area contributed by atoms with Crippen LogP contribution in [0.5, 0.6) is 5.75 Å². The first-order chi connectivity index (χ1) is 12.9. The van der Waals surface area contributed by atoms with Gasteiger partial charge in [-0.05, 0) is 24.3 Å². The maximum atomic E-state index is 13.0. The predicted molar refractivity (Wildman–Crippen MR) is 104 cm³/mol. The smallest absolute Gasteiger partial charge is 0.267 e. The van der Waals surface area contributed by atoms with E-state index in [9.17, 15) is 19.0 Å². The first kappa shape index (κ1) is 17.5. The van der Waals surface area contributed by atoms with Crippen LogP contribution in [0, 0.1) is 0 Å². The Labute approximate surface area is 155 Å². The number of aromatic hydroxyl groups is 1. The molecule has 140 valence electrons. The van der Waals surface area contributed by atoms with E-state index in [2.05, 4.69) is 14.7 Å². The van der Waals surface area contributed by atoms with Crippen LogP contribution in [0.4, 0.5) is 5.69 Å². The van der Waals surface area contributed by atoms with E-state index in [-0.39, 0.29) is 40.8 Å². The molecule has 0 amide bonds. The van der Waals surface area contributed by atoms with Gasteiger partial charge >= 0.3 is 0 Å². The average molecular weight is 387 g/mol. The Morgan fingerprint density at radius 2 is 1.96 bits per heavy atom. The standard InChI is InChI=1S/C17H17N5O4S/c18-7-9-22-16-10(4-3-8-19-16)14(23)13(17(22)24)15-20-11-5-1-2-6-12(11)27(25,26)21-15/h1-6,8,23,25-26H,7,9,18H2,(H,20,21). The molecule has 0 saturated carbocycles. The summed E-state index contributed by atoms with van der Waals surface area (Å²) in [6.45, 7) is 0.369. The third-order valence-corrected chi connectivity index (χ3v) is 5.62. The van der Waals surface area contributed by atoms with E-state index in [1.807, 2.05) is 0 Å². The number of pyridine rings is 2. The second-order valence-corrected chi connectivity index (χ2v) is 7.58. The van der Waals surface area contributed by atoms with Gasteiger partial charge < -0.3 is 16.2 Å². The number of nitrogens with zero attached hydrogens (tertiary/aromatic N) is 3. The molecular formula is C17H17N5O4S. The molecular weight excluding hydrogens is 370 g/mol. The van der Waals surface area contributed by atoms with Crippen LogP contribution in [0.1, 0.15) is 5.56 Å². The lowest BCUT2D eigenvalue weighted by Gasteiger charge is -2.34. The van der Waals surface area contributed by atoms with Crippen molar-refractivity contribution in [3.63, 3.8) is 0 Å². The second-order valence-electron chi connectivity index (χ2n) is 5.92. The van der Waals surface area contributed by atoms with Crippen molar-refractivity contribution < 1.29 is 14.2 Å². The van der Waals surface area contributed by atoms with Gasteiger partial charge in [-0.3, -0.25) is 18.5 Å². The summed E-state index contributed by atoms with van der Waals surface area (Å²) in [5, 5.41) is 14.0. The molecule has 10 heteroatoms. The summed E-state index contributed by atoms with van der Waals surface area (Å²) in [7, 11) is -3.53. The van der Waals surface area contributed by atoms with Gasteiger partial charge in [-0.15, -0.1) is 4.40 Å². The molecule has 3 heterocycles. The largest absolute Gasteiger partial charge is 0.506 e.